The Bertz CT molecular complexity index is 939. The maximum Gasteiger partial charge on any atom is 0.255 e. The molecule has 26 heavy (non-hydrogen) atoms. The number of hydrogen-bond donors (Lipinski definition) is 0. The maximum absolute atomic E-state index is 12.5. The predicted octanol–water partition coefficient (Wildman–Crippen LogP) is 2.45. The molecule has 6 heteroatoms. The number of hydrogen-bond acceptors (Lipinski definition) is 5. The molecule has 0 bridgehead atoms. The van der Waals surface area contributed by atoms with Crippen molar-refractivity contribution >= 4 is 5.95 Å². The summed E-state index contributed by atoms with van der Waals surface area (Å²) in [5.74, 6) is 0.713. The normalized spacial score (nSPS) is 16.8. The minimum Gasteiger partial charge on any atom is -0.339 e. The average molecular weight is 347 g/mol. The molecule has 1 atom stereocenters. The summed E-state index contributed by atoms with van der Waals surface area (Å²) in [6.07, 6.45) is 6.29. The van der Waals surface area contributed by atoms with Crippen LogP contribution in [0.5, 0.6) is 0 Å². The lowest BCUT2D eigenvalue weighted by atomic mass is 10.0. The molecule has 0 aliphatic carbocycles. The third kappa shape index (κ3) is 3.22. The first kappa shape index (κ1) is 16.4. The van der Waals surface area contributed by atoms with E-state index in [0.717, 1.165) is 25.8 Å². The van der Waals surface area contributed by atoms with Crippen molar-refractivity contribution < 1.29 is 0 Å². The molecule has 0 amide bonds. The summed E-state index contributed by atoms with van der Waals surface area (Å²) in [4.78, 5) is 27.7. The van der Waals surface area contributed by atoms with Crippen LogP contribution in [0.4, 0.5) is 5.95 Å². The summed E-state index contributed by atoms with van der Waals surface area (Å²) in [6.45, 7) is 0.908. The van der Waals surface area contributed by atoms with E-state index in [4.69, 9.17) is 4.98 Å². The standard InChI is InChI=1S/C20H21N5O/c1-24-19(26)13-18(17-9-10-21-14-22-17)23-20(24)25-11-5-8-16(25)12-15-6-3-2-4-7-15/h2-4,6-7,9-10,13-14,16H,5,8,11-12H2,1H3. The van der Waals surface area contributed by atoms with Crippen LogP contribution in [-0.4, -0.2) is 32.1 Å². The van der Waals surface area contributed by atoms with Crippen molar-refractivity contribution in [2.24, 2.45) is 7.05 Å². The maximum atomic E-state index is 12.5. The highest BCUT2D eigenvalue weighted by Gasteiger charge is 2.28. The lowest BCUT2D eigenvalue weighted by molar-refractivity contribution is 0.631. The van der Waals surface area contributed by atoms with E-state index >= 15 is 0 Å². The van der Waals surface area contributed by atoms with Crippen LogP contribution in [0, 0.1) is 0 Å². The first-order valence-electron chi connectivity index (χ1n) is 8.87. The van der Waals surface area contributed by atoms with Crippen LogP contribution >= 0.6 is 0 Å². The van der Waals surface area contributed by atoms with Gasteiger partial charge < -0.3 is 4.90 Å². The van der Waals surface area contributed by atoms with Crippen LogP contribution in [0.1, 0.15) is 18.4 Å². The average Bonchev–Trinajstić information content (AvgIpc) is 3.13. The summed E-state index contributed by atoms with van der Waals surface area (Å²) in [5.41, 5.74) is 2.49. The minimum absolute atomic E-state index is 0.0750. The molecule has 1 aliphatic rings. The van der Waals surface area contributed by atoms with Gasteiger partial charge in [0.15, 0.2) is 0 Å². The van der Waals surface area contributed by atoms with Gasteiger partial charge in [-0.1, -0.05) is 30.3 Å². The number of rotatable bonds is 4. The van der Waals surface area contributed by atoms with Gasteiger partial charge in [0, 0.05) is 31.9 Å². The second-order valence-electron chi connectivity index (χ2n) is 6.61. The molecule has 4 rings (SSSR count). The molecule has 0 radical (unpaired) electrons. The topological polar surface area (TPSA) is 63.9 Å². The lowest BCUT2D eigenvalue weighted by Gasteiger charge is -2.27. The van der Waals surface area contributed by atoms with Crippen LogP contribution in [0.3, 0.4) is 0 Å². The highest BCUT2D eigenvalue weighted by molar-refractivity contribution is 5.55. The van der Waals surface area contributed by atoms with Crippen LogP contribution in [0.25, 0.3) is 11.4 Å². The summed E-state index contributed by atoms with van der Waals surface area (Å²) in [7, 11) is 1.78. The molecule has 3 aromatic rings. The van der Waals surface area contributed by atoms with Gasteiger partial charge in [0.2, 0.25) is 5.95 Å². The Hall–Kier alpha value is -3.02. The first-order valence-corrected chi connectivity index (χ1v) is 8.87. The molecule has 1 unspecified atom stereocenters. The molecule has 132 valence electrons. The largest absolute Gasteiger partial charge is 0.339 e. The van der Waals surface area contributed by atoms with Gasteiger partial charge in [-0.2, -0.15) is 0 Å². The molecule has 6 nitrogen and oxygen atoms in total. The van der Waals surface area contributed by atoms with Crippen LogP contribution in [0.15, 0.2) is 59.8 Å². The molecule has 1 fully saturated rings. The highest BCUT2D eigenvalue weighted by Crippen LogP contribution is 2.26. The second kappa shape index (κ2) is 7.07. The summed E-state index contributed by atoms with van der Waals surface area (Å²) < 4.78 is 1.63. The van der Waals surface area contributed by atoms with E-state index in [1.807, 2.05) is 6.07 Å². The van der Waals surface area contributed by atoms with Gasteiger partial charge in [0.1, 0.15) is 6.33 Å². The molecular weight excluding hydrogens is 326 g/mol. The van der Waals surface area contributed by atoms with Gasteiger partial charge in [0.05, 0.1) is 11.4 Å². The Morgan fingerprint density at radius 3 is 2.77 bits per heavy atom. The second-order valence-corrected chi connectivity index (χ2v) is 6.61. The Morgan fingerprint density at radius 2 is 2.00 bits per heavy atom. The summed E-state index contributed by atoms with van der Waals surface area (Å²) in [6, 6.07) is 14.1. The third-order valence-corrected chi connectivity index (χ3v) is 4.90. The third-order valence-electron chi connectivity index (χ3n) is 4.90. The molecule has 1 saturated heterocycles. The van der Waals surface area contributed by atoms with E-state index in [2.05, 4.69) is 39.1 Å². The zero-order valence-electron chi connectivity index (χ0n) is 14.7. The molecular formula is C20H21N5O. The van der Waals surface area contributed by atoms with E-state index in [1.165, 1.54) is 18.0 Å². The van der Waals surface area contributed by atoms with Crippen LogP contribution in [0.2, 0.25) is 0 Å². The number of benzene rings is 1. The Kier molecular flexibility index (Phi) is 4.48. The zero-order valence-corrected chi connectivity index (χ0v) is 14.7. The van der Waals surface area contributed by atoms with Gasteiger partial charge in [0.25, 0.3) is 5.56 Å². The zero-order chi connectivity index (χ0) is 17.9. The van der Waals surface area contributed by atoms with Crippen LogP contribution < -0.4 is 10.5 Å². The van der Waals surface area contributed by atoms with Crippen molar-refractivity contribution in [3.8, 4) is 11.4 Å². The molecule has 1 aromatic carbocycles. The number of aromatic nitrogens is 4. The Labute approximate surface area is 152 Å². The molecule has 3 heterocycles. The van der Waals surface area contributed by atoms with Crippen LogP contribution in [-0.2, 0) is 13.5 Å². The van der Waals surface area contributed by atoms with Gasteiger partial charge >= 0.3 is 0 Å². The fourth-order valence-electron chi connectivity index (χ4n) is 3.56. The van der Waals surface area contributed by atoms with E-state index in [0.29, 0.717) is 23.4 Å². The van der Waals surface area contributed by atoms with E-state index in [9.17, 15) is 4.79 Å². The smallest absolute Gasteiger partial charge is 0.255 e. The van der Waals surface area contributed by atoms with Crippen molar-refractivity contribution in [1.29, 1.82) is 0 Å². The quantitative estimate of drug-likeness (QED) is 0.725. The van der Waals surface area contributed by atoms with Gasteiger partial charge in [-0.15, -0.1) is 0 Å². The number of nitrogens with zero attached hydrogens (tertiary/aromatic N) is 5. The van der Waals surface area contributed by atoms with Crippen molar-refractivity contribution in [3.05, 3.63) is 70.9 Å². The Balaban J connectivity index is 1.70. The summed E-state index contributed by atoms with van der Waals surface area (Å²) in [5, 5.41) is 0. The Morgan fingerprint density at radius 1 is 1.15 bits per heavy atom. The molecule has 2 aromatic heterocycles. The van der Waals surface area contributed by atoms with Crippen molar-refractivity contribution in [2.45, 2.75) is 25.3 Å². The van der Waals surface area contributed by atoms with Gasteiger partial charge in [-0.05, 0) is 30.9 Å². The molecule has 0 saturated carbocycles. The van der Waals surface area contributed by atoms with E-state index < -0.39 is 0 Å². The number of anilines is 1. The minimum atomic E-state index is -0.0750. The SMILES string of the molecule is Cn1c(N2CCCC2Cc2ccccc2)nc(-c2ccncn2)cc1=O. The molecule has 0 spiro atoms. The predicted molar refractivity (Wildman–Crippen MR) is 101 cm³/mol. The fourth-order valence-corrected chi connectivity index (χ4v) is 3.56. The van der Waals surface area contributed by atoms with Crippen molar-refractivity contribution in [3.63, 3.8) is 0 Å². The van der Waals surface area contributed by atoms with Crippen molar-refractivity contribution in [2.75, 3.05) is 11.4 Å². The highest BCUT2D eigenvalue weighted by atomic mass is 16.1. The van der Waals surface area contributed by atoms with E-state index in [1.54, 1.807) is 23.9 Å². The monoisotopic (exact) mass is 347 g/mol. The van der Waals surface area contributed by atoms with Gasteiger partial charge in [-0.25, -0.2) is 15.0 Å². The first-order chi connectivity index (χ1) is 12.7. The lowest BCUT2D eigenvalue weighted by Crippen LogP contribution is -2.36. The molecule has 0 N–H and O–H groups in total. The van der Waals surface area contributed by atoms with E-state index in [-0.39, 0.29) is 5.56 Å². The summed E-state index contributed by atoms with van der Waals surface area (Å²) >= 11 is 0. The molecule has 1 aliphatic heterocycles. The van der Waals surface area contributed by atoms with Gasteiger partial charge in [-0.3, -0.25) is 9.36 Å². The fraction of sp³-hybridized carbons (Fsp3) is 0.300. The van der Waals surface area contributed by atoms with Crippen molar-refractivity contribution in [1.82, 2.24) is 19.5 Å².